The highest BCUT2D eigenvalue weighted by atomic mass is 32.1. The third-order valence-corrected chi connectivity index (χ3v) is 4.74. The summed E-state index contributed by atoms with van der Waals surface area (Å²) in [6.07, 6.45) is 1.67. The van der Waals surface area contributed by atoms with Gasteiger partial charge in [0.05, 0.1) is 10.6 Å². The van der Waals surface area contributed by atoms with E-state index in [0.29, 0.717) is 11.5 Å². The van der Waals surface area contributed by atoms with Crippen molar-refractivity contribution in [3.63, 3.8) is 0 Å². The third-order valence-electron chi connectivity index (χ3n) is 3.87. The van der Waals surface area contributed by atoms with Crippen molar-refractivity contribution in [1.82, 2.24) is 25.6 Å². The first kappa shape index (κ1) is 16.4. The summed E-state index contributed by atoms with van der Waals surface area (Å²) in [5.41, 5.74) is 5.28. The number of benzene rings is 1. The van der Waals surface area contributed by atoms with Crippen LogP contribution in [0.5, 0.6) is 0 Å². The van der Waals surface area contributed by atoms with Gasteiger partial charge in [-0.2, -0.15) is 0 Å². The number of hydrazine groups is 1. The molecule has 2 heterocycles. The zero-order valence-corrected chi connectivity index (χ0v) is 14.3. The Hall–Kier alpha value is -3.07. The Kier molecular flexibility index (Phi) is 4.21. The molecule has 3 aromatic rings. The molecule has 2 amide bonds. The number of carbonyl (C=O) groups excluding carboxylic acids is 2. The van der Waals surface area contributed by atoms with Crippen molar-refractivity contribution in [2.75, 3.05) is 0 Å². The van der Waals surface area contributed by atoms with Gasteiger partial charge in [0, 0.05) is 5.92 Å². The van der Waals surface area contributed by atoms with Crippen LogP contribution in [0, 0.1) is 11.7 Å². The summed E-state index contributed by atoms with van der Waals surface area (Å²) in [6, 6.07) is 9.44. The average Bonchev–Trinajstić information content (AvgIpc) is 3.18. The van der Waals surface area contributed by atoms with Crippen molar-refractivity contribution in [3.05, 3.63) is 53.4 Å². The smallest absolute Gasteiger partial charge is 0.273 e. The van der Waals surface area contributed by atoms with Gasteiger partial charge >= 0.3 is 5.91 Å². The molecule has 7 nitrogen and oxygen atoms in total. The van der Waals surface area contributed by atoms with Crippen LogP contribution < -0.4 is 10.9 Å². The van der Waals surface area contributed by atoms with E-state index in [9.17, 15) is 14.0 Å². The Balaban J connectivity index is 1.63. The monoisotopic (exact) mass is 371 g/mol. The lowest BCUT2D eigenvalue weighted by atomic mass is 10.3. The lowest BCUT2D eigenvalue weighted by Crippen LogP contribution is -2.42. The number of halogens is 1. The van der Waals surface area contributed by atoms with E-state index in [1.807, 2.05) is 17.5 Å². The second kappa shape index (κ2) is 6.68. The summed E-state index contributed by atoms with van der Waals surface area (Å²) < 4.78 is 14.7. The summed E-state index contributed by atoms with van der Waals surface area (Å²) >= 11 is 1.44. The minimum atomic E-state index is -0.613. The Morgan fingerprint density at radius 1 is 1.15 bits per heavy atom. The SMILES string of the molecule is O=C(NNC(=O)C1CC1)c1nc(-c2cccs2)n(-c2ccc(F)cc2)n1. The number of aromatic nitrogens is 3. The van der Waals surface area contributed by atoms with Crippen LogP contribution in [0.2, 0.25) is 0 Å². The molecule has 1 aromatic carbocycles. The highest BCUT2D eigenvalue weighted by Gasteiger charge is 2.30. The fourth-order valence-corrected chi connectivity index (χ4v) is 3.06. The predicted molar refractivity (Wildman–Crippen MR) is 93.0 cm³/mol. The molecule has 132 valence electrons. The van der Waals surface area contributed by atoms with E-state index in [1.54, 1.807) is 12.1 Å². The van der Waals surface area contributed by atoms with Crippen molar-refractivity contribution in [2.24, 2.45) is 5.92 Å². The highest BCUT2D eigenvalue weighted by molar-refractivity contribution is 7.13. The molecule has 1 aliphatic rings. The average molecular weight is 371 g/mol. The van der Waals surface area contributed by atoms with Crippen molar-refractivity contribution in [2.45, 2.75) is 12.8 Å². The summed E-state index contributed by atoms with van der Waals surface area (Å²) in [5.74, 6) is -0.847. The van der Waals surface area contributed by atoms with E-state index in [0.717, 1.165) is 17.7 Å². The standard InChI is InChI=1S/C17H14FN5O2S/c18-11-5-7-12(8-6-11)23-15(13-2-1-9-26-13)19-14(22-23)17(25)21-20-16(24)10-3-4-10/h1-2,5-10H,3-4H2,(H,20,24)(H,21,25). The summed E-state index contributed by atoms with van der Waals surface area (Å²) in [4.78, 5) is 29.0. The summed E-state index contributed by atoms with van der Waals surface area (Å²) in [7, 11) is 0. The fraction of sp³-hybridized carbons (Fsp3) is 0.176. The molecule has 2 aromatic heterocycles. The molecular formula is C17H14FN5O2S. The molecule has 0 atom stereocenters. The number of thiophene rings is 1. The molecule has 1 fully saturated rings. The predicted octanol–water partition coefficient (Wildman–Crippen LogP) is 2.31. The summed E-state index contributed by atoms with van der Waals surface area (Å²) in [5, 5.41) is 6.11. The maximum absolute atomic E-state index is 13.2. The second-order valence-corrected chi connectivity index (χ2v) is 6.79. The minimum absolute atomic E-state index is 0.0262. The van der Waals surface area contributed by atoms with Crippen LogP contribution in [0.15, 0.2) is 41.8 Å². The van der Waals surface area contributed by atoms with Crippen LogP contribution in [0.4, 0.5) is 4.39 Å². The molecule has 0 spiro atoms. The number of carbonyl (C=O) groups is 2. The lowest BCUT2D eigenvalue weighted by molar-refractivity contribution is -0.123. The number of amides is 2. The first-order chi connectivity index (χ1) is 12.6. The van der Waals surface area contributed by atoms with Crippen LogP contribution >= 0.6 is 11.3 Å². The fourth-order valence-electron chi connectivity index (χ4n) is 2.36. The molecule has 1 saturated carbocycles. The first-order valence-electron chi connectivity index (χ1n) is 7.99. The number of nitrogens with zero attached hydrogens (tertiary/aromatic N) is 3. The van der Waals surface area contributed by atoms with E-state index in [4.69, 9.17) is 0 Å². The third kappa shape index (κ3) is 3.33. The Morgan fingerprint density at radius 3 is 2.58 bits per heavy atom. The van der Waals surface area contributed by atoms with Gasteiger partial charge in [0.15, 0.2) is 5.82 Å². The molecule has 0 unspecified atom stereocenters. The largest absolute Gasteiger partial charge is 0.309 e. The van der Waals surface area contributed by atoms with E-state index < -0.39 is 5.91 Å². The molecule has 26 heavy (non-hydrogen) atoms. The van der Waals surface area contributed by atoms with Gasteiger partial charge in [-0.3, -0.25) is 20.4 Å². The topological polar surface area (TPSA) is 88.9 Å². The Morgan fingerprint density at radius 2 is 1.92 bits per heavy atom. The zero-order valence-electron chi connectivity index (χ0n) is 13.5. The van der Waals surface area contributed by atoms with Crippen molar-refractivity contribution >= 4 is 23.2 Å². The molecule has 2 N–H and O–H groups in total. The number of hydrogen-bond acceptors (Lipinski definition) is 5. The Bertz CT molecular complexity index is 948. The van der Waals surface area contributed by atoms with Gasteiger partial charge in [-0.1, -0.05) is 6.07 Å². The van der Waals surface area contributed by atoms with Crippen molar-refractivity contribution in [3.8, 4) is 16.4 Å². The minimum Gasteiger partial charge on any atom is -0.273 e. The number of nitrogens with one attached hydrogen (secondary N) is 2. The van der Waals surface area contributed by atoms with Gasteiger partial charge in [0.25, 0.3) is 0 Å². The van der Waals surface area contributed by atoms with Crippen LogP contribution in [0.3, 0.4) is 0 Å². The quantitative estimate of drug-likeness (QED) is 0.689. The zero-order chi connectivity index (χ0) is 18.1. The van der Waals surface area contributed by atoms with Crippen LogP contribution in [-0.2, 0) is 4.79 Å². The van der Waals surface area contributed by atoms with Gasteiger partial charge in [0.1, 0.15) is 5.82 Å². The normalized spacial score (nSPS) is 13.4. The number of hydrogen-bond donors (Lipinski definition) is 2. The molecule has 1 aliphatic carbocycles. The van der Waals surface area contributed by atoms with Gasteiger partial charge in [-0.05, 0) is 48.6 Å². The lowest BCUT2D eigenvalue weighted by Gasteiger charge is -2.04. The molecule has 0 saturated heterocycles. The van der Waals surface area contributed by atoms with Gasteiger partial charge in [0.2, 0.25) is 11.7 Å². The van der Waals surface area contributed by atoms with Gasteiger partial charge in [-0.25, -0.2) is 14.1 Å². The molecule has 0 bridgehead atoms. The van der Waals surface area contributed by atoms with Gasteiger partial charge in [-0.15, -0.1) is 16.4 Å². The maximum Gasteiger partial charge on any atom is 0.309 e. The first-order valence-corrected chi connectivity index (χ1v) is 8.87. The van der Waals surface area contributed by atoms with Crippen LogP contribution in [0.1, 0.15) is 23.5 Å². The van der Waals surface area contributed by atoms with E-state index in [1.165, 1.54) is 28.2 Å². The van der Waals surface area contributed by atoms with Crippen molar-refractivity contribution < 1.29 is 14.0 Å². The molecule has 0 radical (unpaired) electrons. The second-order valence-electron chi connectivity index (χ2n) is 5.84. The highest BCUT2D eigenvalue weighted by Crippen LogP contribution is 2.28. The van der Waals surface area contributed by atoms with Crippen LogP contribution in [0.25, 0.3) is 16.4 Å². The van der Waals surface area contributed by atoms with E-state index in [-0.39, 0.29) is 23.5 Å². The molecule has 0 aliphatic heterocycles. The molecular weight excluding hydrogens is 357 g/mol. The van der Waals surface area contributed by atoms with Crippen molar-refractivity contribution in [1.29, 1.82) is 0 Å². The maximum atomic E-state index is 13.2. The Labute approximate surface area is 151 Å². The summed E-state index contributed by atoms with van der Waals surface area (Å²) in [6.45, 7) is 0. The number of rotatable bonds is 4. The molecule has 4 rings (SSSR count). The van der Waals surface area contributed by atoms with Gasteiger partial charge < -0.3 is 0 Å². The van der Waals surface area contributed by atoms with E-state index >= 15 is 0 Å². The van der Waals surface area contributed by atoms with Crippen LogP contribution in [-0.4, -0.2) is 26.6 Å². The molecule has 9 heteroatoms. The van der Waals surface area contributed by atoms with E-state index in [2.05, 4.69) is 20.9 Å².